The highest BCUT2D eigenvalue weighted by Gasteiger charge is 2.03. The normalized spacial score (nSPS) is 11.9. The Hall–Kier alpha value is -2.34. The lowest BCUT2D eigenvalue weighted by atomic mass is 10.1. The highest BCUT2D eigenvalue weighted by molar-refractivity contribution is 5.89. The highest BCUT2D eigenvalue weighted by Crippen LogP contribution is 2.13. The monoisotopic (exact) mass is 273 g/mol. The lowest BCUT2D eigenvalue weighted by molar-refractivity contribution is 0.252. The third-order valence-corrected chi connectivity index (χ3v) is 2.93. The number of anilines is 1. The Bertz CT molecular complexity index is 533. The van der Waals surface area contributed by atoms with Crippen molar-refractivity contribution < 1.29 is 4.79 Å². The fourth-order valence-electron chi connectivity index (χ4n) is 1.78. The van der Waals surface area contributed by atoms with Crippen LogP contribution in [-0.2, 0) is 6.42 Å². The van der Waals surface area contributed by atoms with Gasteiger partial charge in [-0.25, -0.2) is 9.78 Å². The van der Waals surface area contributed by atoms with Gasteiger partial charge in [-0.3, -0.25) is 0 Å². The largest absolute Gasteiger partial charge is 0.348 e. The molecule has 0 aliphatic carbocycles. The van der Waals surface area contributed by atoms with E-state index in [0.717, 1.165) is 23.4 Å². The number of carbonyl (C=O) groups excluding carboxylic acids is 1. The van der Waals surface area contributed by atoms with E-state index in [1.54, 1.807) is 12.5 Å². The molecule has 1 aromatic carbocycles. The molecule has 1 heterocycles. The van der Waals surface area contributed by atoms with Gasteiger partial charge in [0, 0.05) is 36.6 Å². The molecule has 6 heteroatoms. The lowest BCUT2D eigenvalue weighted by Crippen LogP contribution is -2.30. The summed E-state index contributed by atoms with van der Waals surface area (Å²) in [6.07, 6.45) is 4.08. The Morgan fingerprint density at radius 2 is 2.15 bits per heavy atom. The first-order chi connectivity index (χ1) is 9.65. The molecule has 0 aliphatic heterocycles. The molecule has 1 atom stereocenters. The molecule has 0 saturated carbocycles. The zero-order valence-corrected chi connectivity index (χ0v) is 11.4. The molecular weight excluding hydrogens is 254 g/mol. The summed E-state index contributed by atoms with van der Waals surface area (Å²) in [6.45, 7) is 2.47. The molecule has 106 valence electrons. The molecule has 0 saturated heterocycles. The van der Waals surface area contributed by atoms with Crippen LogP contribution in [0, 0.1) is 0 Å². The van der Waals surface area contributed by atoms with Gasteiger partial charge in [-0.15, -0.1) is 0 Å². The van der Waals surface area contributed by atoms with Crippen molar-refractivity contribution >= 4 is 11.7 Å². The Labute approximate surface area is 117 Å². The molecule has 0 radical (unpaired) electrons. The standard InChI is InChI=1S/C14H19N5O/c1-10(15)11-2-4-12(5-3-11)19-14(20)17-7-6-13-8-16-9-18-13/h2-5,8-10H,6-7,15H2,1H3,(H,16,18)(H2,17,19,20). The van der Waals surface area contributed by atoms with Crippen LogP contribution >= 0.6 is 0 Å². The van der Waals surface area contributed by atoms with E-state index >= 15 is 0 Å². The molecule has 5 N–H and O–H groups in total. The van der Waals surface area contributed by atoms with E-state index in [4.69, 9.17) is 5.73 Å². The van der Waals surface area contributed by atoms with Crippen molar-refractivity contribution in [3.63, 3.8) is 0 Å². The van der Waals surface area contributed by atoms with Crippen LogP contribution in [0.3, 0.4) is 0 Å². The zero-order chi connectivity index (χ0) is 14.4. The summed E-state index contributed by atoms with van der Waals surface area (Å²) in [5.74, 6) is 0. The minimum atomic E-state index is -0.224. The van der Waals surface area contributed by atoms with Crippen LogP contribution in [0.4, 0.5) is 10.5 Å². The van der Waals surface area contributed by atoms with Crippen LogP contribution in [0.5, 0.6) is 0 Å². The number of imidazole rings is 1. The van der Waals surface area contributed by atoms with Crippen molar-refractivity contribution in [2.24, 2.45) is 5.73 Å². The van der Waals surface area contributed by atoms with Crippen molar-refractivity contribution in [3.8, 4) is 0 Å². The summed E-state index contributed by atoms with van der Waals surface area (Å²) in [5.41, 5.74) is 8.54. The molecule has 2 aromatic rings. The van der Waals surface area contributed by atoms with E-state index in [9.17, 15) is 4.79 Å². The summed E-state index contributed by atoms with van der Waals surface area (Å²) in [6, 6.07) is 7.26. The van der Waals surface area contributed by atoms with Crippen LogP contribution in [0.15, 0.2) is 36.8 Å². The Morgan fingerprint density at radius 1 is 1.40 bits per heavy atom. The summed E-state index contributed by atoms with van der Waals surface area (Å²) in [7, 11) is 0. The number of H-pyrrole nitrogens is 1. The maximum Gasteiger partial charge on any atom is 0.319 e. The van der Waals surface area contributed by atoms with E-state index < -0.39 is 0 Å². The van der Waals surface area contributed by atoms with Crippen LogP contribution in [-0.4, -0.2) is 22.5 Å². The van der Waals surface area contributed by atoms with Crippen molar-refractivity contribution in [1.82, 2.24) is 15.3 Å². The lowest BCUT2D eigenvalue weighted by Gasteiger charge is -2.09. The SMILES string of the molecule is CC(N)c1ccc(NC(=O)NCCc2cnc[nH]2)cc1. The number of hydrogen-bond acceptors (Lipinski definition) is 3. The summed E-state index contributed by atoms with van der Waals surface area (Å²) in [5, 5.41) is 5.56. The number of rotatable bonds is 5. The van der Waals surface area contributed by atoms with Gasteiger partial charge in [0.2, 0.25) is 0 Å². The van der Waals surface area contributed by atoms with Crippen LogP contribution in [0.2, 0.25) is 0 Å². The summed E-state index contributed by atoms with van der Waals surface area (Å²) >= 11 is 0. The Morgan fingerprint density at radius 3 is 2.75 bits per heavy atom. The molecular formula is C14H19N5O. The Balaban J connectivity index is 1.76. The molecule has 2 rings (SSSR count). The number of nitrogens with zero attached hydrogens (tertiary/aromatic N) is 1. The molecule has 0 spiro atoms. The zero-order valence-electron chi connectivity index (χ0n) is 11.4. The van der Waals surface area contributed by atoms with Crippen molar-refractivity contribution in [1.29, 1.82) is 0 Å². The second-order valence-electron chi connectivity index (χ2n) is 4.62. The maximum atomic E-state index is 11.7. The maximum absolute atomic E-state index is 11.7. The summed E-state index contributed by atoms with van der Waals surface area (Å²) in [4.78, 5) is 18.6. The fraction of sp³-hybridized carbons (Fsp3) is 0.286. The molecule has 6 nitrogen and oxygen atoms in total. The first-order valence-electron chi connectivity index (χ1n) is 6.53. The average molecular weight is 273 g/mol. The number of aromatic amines is 1. The molecule has 2 amide bonds. The van der Waals surface area contributed by atoms with Gasteiger partial charge >= 0.3 is 6.03 Å². The minimum Gasteiger partial charge on any atom is -0.348 e. The molecule has 20 heavy (non-hydrogen) atoms. The Kier molecular flexibility index (Phi) is 4.73. The molecule has 0 fully saturated rings. The predicted molar refractivity (Wildman–Crippen MR) is 78.4 cm³/mol. The molecule has 1 aromatic heterocycles. The van der Waals surface area contributed by atoms with Gasteiger partial charge in [-0.05, 0) is 24.6 Å². The number of carbonyl (C=O) groups is 1. The van der Waals surface area contributed by atoms with E-state index in [1.807, 2.05) is 31.2 Å². The van der Waals surface area contributed by atoms with Gasteiger partial charge < -0.3 is 21.4 Å². The fourth-order valence-corrected chi connectivity index (χ4v) is 1.78. The number of hydrogen-bond donors (Lipinski definition) is 4. The summed E-state index contributed by atoms with van der Waals surface area (Å²) < 4.78 is 0. The third-order valence-electron chi connectivity index (χ3n) is 2.93. The van der Waals surface area contributed by atoms with E-state index in [2.05, 4.69) is 20.6 Å². The number of amides is 2. The second kappa shape index (κ2) is 6.72. The van der Waals surface area contributed by atoms with Crippen molar-refractivity contribution in [2.45, 2.75) is 19.4 Å². The first-order valence-corrected chi connectivity index (χ1v) is 6.53. The topological polar surface area (TPSA) is 95.8 Å². The molecule has 0 bridgehead atoms. The van der Waals surface area contributed by atoms with E-state index in [-0.39, 0.29) is 12.1 Å². The number of urea groups is 1. The van der Waals surface area contributed by atoms with Crippen LogP contribution in [0.25, 0.3) is 0 Å². The number of nitrogens with one attached hydrogen (secondary N) is 3. The van der Waals surface area contributed by atoms with Gasteiger partial charge in [0.25, 0.3) is 0 Å². The number of nitrogens with two attached hydrogens (primary N) is 1. The quantitative estimate of drug-likeness (QED) is 0.668. The van der Waals surface area contributed by atoms with E-state index in [0.29, 0.717) is 6.54 Å². The highest BCUT2D eigenvalue weighted by atomic mass is 16.2. The first kappa shape index (κ1) is 14.1. The smallest absolute Gasteiger partial charge is 0.319 e. The number of benzene rings is 1. The average Bonchev–Trinajstić information content (AvgIpc) is 2.92. The van der Waals surface area contributed by atoms with Crippen LogP contribution < -0.4 is 16.4 Å². The minimum absolute atomic E-state index is 0.00715. The van der Waals surface area contributed by atoms with Gasteiger partial charge in [-0.1, -0.05) is 12.1 Å². The van der Waals surface area contributed by atoms with E-state index in [1.165, 1.54) is 0 Å². The predicted octanol–water partition coefficient (Wildman–Crippen LogP) is 1.79. The van der Waals surface area contributed by atoms with Gasteiger partial charge in [-0.2, -0.15) is 0 Å². The number of aromatic nitrogens is 2. The van der Waals surface area contributed by atoms with Gasteiger partial charge in [0.05, 0.1) is 6.33 Å². The second-order valence-corrected chi connectivity index (χ2v) is 4.62. The molecule has 0 aliphatic rings. The van der Waals surface area contributed by atoms with Crippen molar-refractivity contribution in [2.75, 3.05) is 11.9 Å². The van der Waals surface area contributed by atoms with Crippen molar-refractivity contribution in [3.05, 3.63) is 48.0 Å². The van der Waals surface area contributed by atoms with Gasteiger partial charge in [0.15, 0.2) is 0 Å². The van der Waals surface area contributed by atoms with Crippen LogP contribution in [0.1, 0.15) is 24.2 Å². The third kappa shape index (κ3) is 4.10. The van der Waals surface area contributed by atoms with Gasteiger partial charge in [0.1, 0.15) is 0 Å². The molecule has 1 unspecified atom stereocenters.